The second-order valence-electron chi connectivity index (χ2n) is 8.09. The van der Waals surface area contributed by atoms with Gasteiger partial charge in [0.05, 0.1) is 0 Å². The van der Waals surface area contributed by atoms with Crippen molar-refractivity contribution in [3.8, 4) is 11.5 Å². The van der Waals surface area contributed by atoms with Crippen molar-refractivity contribution in [2.75, 3.05) is 19.9 Å². The van der Waals surface area contributed by atoms with E-state index >= 15 is 0 Å². The monoisotopic (exact) mass is 386 g/mol. The van der Waals surface area contributed by atoms with Crippen LogP contribution in [0.25, 0.3) is 16.5 Å². The predicted octanol–water partition coefficient (Wildman–Crippen LogP) is 3.93. The summed E-state index contributed by atoms with van der Waals surface area (Å²) in [5.74, 6) is 1.97. The lowest BCUT2D eigenvalue weighted by molar-refractivity contribution is -0.134. The standard InChI is InChI=1S/C24H22N2O3/c27-24(18-9-16-3-1-2-4-17(16)10-18)26-7-5-15(6-8-26)20-13-25-21-12-23-22(11-19(20)21)28-14-29-23/h1-5,11-13,18,25H,6-10,14H2. The average molecular weight is 386 g/mol. The molecule has 6 rings (SSSR count). The van der Waals surface area contributed by atoms with Gasteiger partial charge in [-0.1, -0.05) is 30.3 Å². The van der Waals surface area contributed by atoms with Crippen LogP contribution in [-0.2, 0) is 17.6 Å². The second kappa shape index (κ2) is 6.41. The first-order valence-corrected chi connectivity index (χ1v) is 10.2. The van der Waals surface area contributed by atoms with Gasteiger partial charge in [-0.05, 0) is 42.0 Å². The fraction of sp³-hybridized carbons (Fsp3) is 0.292. The van der Waals surface area contributed by atoms with Gasteiger partial charge in [0.1, 0.15) is 0 Å². The van der Waals surface area contributed by atoms with Crippen molar-refractivity contribution in [3.05, 3.63) is 65.4 Å². The van der Waals surface area contributed by atoms with Crippen molar-refractivity contribution in [1.82, 2.24) is 9.88 Å². The number of carbonyl (C=O) groups is 1. The number of fused-ring (bicyclic) bond motifs is 3. The summed E-state index contributed by atoms with van der Waals surface area (Å²) in [4.78, 5) is 18.4. The lowest BCUT2D eigenvalue weighted by Gasteiger charge is -2.29. The first kappa shape index (κ1) is 16.7. The molecule has 1 aliphatic carbocycles. The molecular formula is C24H22N2O3. The molecule has 3 heterocycles. The van der Waals surface area contributed by atoms with E-state index in [0.29, 0.717) is 12.5 Å². The molecule has 0 bridgehead atoms. The first-order valence-electron chi connectivity index (χ1n) is 10.2. The van der Waals surface area contributed by atoms with E-state index in [2.05, 4.69) is 47.6 Å². The predicted molar refractivity (Wildman–Crippen MR) is 111 cm³/mol. The summed E-state index contributed by atoms with van der Waals surface area (Å²) in [6.07, 6.45) is 6.87. The number of ether oxygens (including phenoxy) is 2. The number of nitrogens with zero attached hydrogens (tertiary/aromatic N) is 1. The van der Waals surface area contributed by atoms with E-state index in [1.807, 2.05) is 11.0 Å². The fourth-order valence-electron chi connectivity index (χ4n) is 4.88. The van der Waals surface area contributed by atoms with Crippen molar-refractivity contribution < 1.29 is 14.3 Å². The number of aromatic amines is 1. The highest BCUT2D eigenvalue weighted by Crippen LogP contribution is 2.39. The molecule has 1 aromatic heterocycles. The largest absolute Gasteiger partial charge is 0.454 e. The number of H-pyrrole nitrogens is 1. The van der Waals surface area contributed by atoms with E-state index in [1.165, 1.54) is 22.3 Å². The van der Waals surface area contributed by atoms with Crippen molar-refractivity contribution >= 4 is 22.4 Å². The third kappa shape index (κ3) is 2.72. The Hall–Kier alpha value is -3.21. The molecule has 0 spiro atoms. The zero-order chi connectivity index (χ0) is 19.4. The Morgan fingerprint density at radius 2 is 1.83 bits per heavy atom. The van der Waals surface area contributed by atoms with Crippen molar-refractivity contribution in [2.45, 2.75) is 19.3 Å². The minimum Gasteiger partial charge on any atom is -0.454 e. The van der Waals surface area contributed by atoms with Crippen LogP contribution in [0.4, 0.5) is 0 Å². The van der Waals surface area contributed by atoms with E-state index < -0.39 is 0 Å². The Morgan fingerprint density at radius 1 is 1.07 bits per heavy atom. The van der Waals surface area contributed by atoms with E-state index in [4.69, 9.17) is 9.47 Å². The van der Waals surface area contributed by atoms with Crippen molar-refractivity contribution in [2.24, 2.45) is 5.92 Å². The number of nitrogens with one attached hydrogen (secondary N) is 1. The van der Waals surface area contributed by atoms with Crippen LogP contribution in [0, 0.1) is 5.92 Å². The average Bonchev–Trinajstić information content (AvgIpc) is 3.48. The summed E-state index contributed by atoms with van der Waals surface area (Å²) in [6, 6.07) is 12.5. The topological polar surface area (TPSA) is 54.6 Å². The Kier molecular flexibility index (Phi) is 3.69. The number of carbonyl (C=O) groups excluding carboxylic acids is 1. The van der Waals surface area contributed by atoms with Crippen LogP contribution in [0.1, 0.15) is 23.1 Å². The molecule has 2 aromatic carbocycles. The number of aromatic nitrogens is 1. The van der Waals surface area contributed by atoms with E-state index in [9.17, 15) is 4.79 Å². The lowest BCUT2D eigenvalue weighted by Crippen LogP contribution is -2.39. The maximum Gasteiger partial charge on any atom is 0.231 e. The SMILES string of the molecule is O=C(C1Cc2ccccc2C1)N1CC=C(c2c[nH]c3cc4c(cc23)OCO4)CC1. The summed E-state index contributed by atoms with van der Waals surface area (Å²) >= 11 is 0. The molecule has 0 saturated carbocycles. The molecule has 0 unspecified atom stereocenters. The molecule has 3 aromatic rings. The molecule has 29 heavy (non-hydrogen) atoms. The molecule has 2 aliphatic heterocycles. The zero-order valence-electron chi connectivity index (χ0n) is 16.1. The molecular weight excluding hydrogens is 364 g/mol. The van der Waals surface area contributed by atoms with E-state index in [-0.39, 0.29) is 12.7 Å². The van der Waals surface area contributed by atoms with Crippen molar-refractivity contribution in [1.29, 1.82) is 0 Å². The molecule has 0 saturated heterocycles. The second-order valence-corrected chi connectivity index (χ2v) is 8.09. The highest BCUT2D eigenvalue weighted by molar-refractivity contribution is 5.95. The Morgan fingerprint density at radius 3 is 2.55 bits per heavy atom. The smallest absolute Gasteiger partial charge is 0.231 e. The number of amides is 1. The van der Waals surface area contributed by atoms with Gasteiger partial charge in [0.15, 0.2) is 11.5 Å². The lowest BCUT2D eigenvalue weighted by atomic mass is 9.97. The first-order chi connectivity index (χ1) is 14.3. The summed E-state index contributed by atoms with van der Waals surface area (Å²) in [5, 5.41) is 1.14. The van der Waals surface area contributed by atoms with Gasteiger partial charge in [-0.15, -0.1) is 0 Å². The molecule has 1 amide bonds. The van der Waals surface area contributed by atoms with Gasteiger partial charge in [-0.25, -0.2) is 0 Å². The van der Waals surface area contributed by atoms with Crippen LogP contribution in [0.2, 0.25) is 0 Å². The number of benzene rings is 2. The number of hydrogen-bond donors (Lipinski definition) is 1. The van der Waals surface area contributed by atoms with Crippen LogP contribution in [-0.4, -0.2) is 35.7 Å². The minimum atomic E-state index is 0.0928. The molecule has 5 heteroatoms. The van der Waals surface area contributed by atoms with Crippen molar-refractivity contribution in [3.63, 3.8) is 0 Å². The van der Waals surface area contributed by atoms with Crippen LogP contribution < -0.4 is 9.47 Å². The maximum atomic E-state index is 13.1. The molecule has 5 nitrogen and oxygen atoms in total. The molecule has 0 atom stereocenters. The van der Waals surface area contributed by atoms with Crippen LogP contribution in [0.15, 0.2) is 48.7 Å². The highest BCUT2D eigenvalue weighted by atomic mass is 16.7. The highest BCUT2D eigenvalue weighted by Gasteiger charge is 2.31. The summed E-state index contributed by atoms with van der Waals surface area (Å²) in [7, 11) is 0. The fourth-order valence-corrected chi connectivity index (χ4v) is 4.88. The molecule has 0 fully saturated rings. The van der Waals surface area contributed by atoms with Gasteiger partial charge in [0, 0.05) is 47.7 Å². The third-order valence-electron chi connectivity index (χ3n) is 6.44. The molecule has 1 N–H and O–H groups in total. The zero-order valence-corrected chi connectivity index (χ0v) is 16.1. The van der Waals surface area contributed by atoms with Crippen LogP contribution in [0.3, 0.4) is 0 Å². The Balaban J connectivity index is 1.21. The van der Waals surface area contributed by atoms with Gasteiger partial charge in [0.2, 0.25) is 12.7 Å². The third-order valence-corrected chi connectivity index (χ3v) is 6.44. The van der Waals surface area contributed by atoms with Gasteiger partial charge >= 0.3 is 0 Å². The molecule has 146 valence electrons. The van der Waals surface area contributed by atoms with Gasteiger partial charge in [-0.2, -0.15) is 0 Å². The summed E-state index contributed by atoms with van der Waals surface area (Å²) in [6.45, 7) is 1.73. The van der Waals surface area contributed by atoms with Gasteiger partial charge < -0.3 is 19.4 Å². The Labute approximate surface area is 168 Å². The molecule has 0 radical (unpaired) electrons. The molecule has 3 aliphatic rings. The van der Waals surface area contributed by atoms with Crippen LogP contribution >= 0.6 is 0 Å². The summed E-state index contributed by atoms with van der Waals surface area (Å²) in [5.41, 5.74) is 6.19. The summed E-state index contributed by atoms with van der Waals surface area (Å²) < 4.78 is 11.0. The maximum absolute atomic E-state index is 13.1. The van der Waals surface area contributed by atoms with Crippen LogP contribution in [0.5, 0.6) is 11.5 Å². The normalized spacial score (nSPS) is 18.2. The number of hydrogen-bond acceptors (Lipinski definition) is 3. The Bertz CT molecular complexity index is 1140. The minimum absolute atomic E-state index is 0.0928. The van der Waals surface area contributed by atoms with E-state index in [1.54, 1.807) is 0 Å². The quantitative estimate of drug-likeness (QED) is 0.726. The number of rotatable bonds is 2. The van der Waals surface area contributed by atoms with Gasteiger partial charge in [-0.3, -0.25) is 4.79 Å². The van der Waals surface area contributed by atoms with Gasteiger partial charge in [0.25, 0.3) is 0 Å². The van der Waals surface area contributed by atoms with E-state index in [0.717, 1.165) is 48.2 Å².